The van der Waals surface area contributed by atoms with Gasteiger partial charge in [0.25, 0.3) is 0 Å². The quantitative estimate of drug-likeness (QED) is 0.399. The Morgan fingerprint density at radius 3 is 1.62 bits per heavy atom. The molecule has 0 heterocycles. The van der Waals surface area contributed by atoms with E-state index in [-0.39, 0.29) is 5.57 Å². The topological polar surface area (TPSA) is 112 Å². The van der Waals surface area contributed by atoms with E-state index in [0.29, 0.717) is 6.42 Å². The Balaban J connectivity index is 0. The van der Waals surface area contributed by atoms with Crippen LogP contribution in [0.1, 0.15) is 64.7 Å². The smallest absolute Gasteiger partial charge is 0.331 e. The monoisotopic (exact) mass is 302 g/mol. The molecule has 0 saturated carbocycles. The first-order valence-electron chi connectivity index (χ1n) is 7.15. The molecule has 0 radical (unpaired) electrons. The molecule has 0 atom stereocenters. The third-order valence-corrected chi connectivity index (χ3v) is 2.66. The highest BCUT2D eigenvalue weighted by atomic mass is 16.4. The van der Waals surface area contributed by atoms with Crippen LogP contribution in [0.4, 0.5) is 0 Å². The fraction of sp³-hybridized carbons (Fsp3) is 0.667. The van der Waals surface area contributed by atoms with Crippen LogP contribution >= 0.6 is 0 Å². The molecule has 122 valence electrons. The maximum absolute atomic E-state index is 10.1. The molecule has 6 heteroatoms. The highest BCUT2D eigenvalue weighted by molar-refractivity contribution is 5.91. The molecule has 0 rings (SSSR count). The van der Waals surface area contributed by atoms with Gasteiger partial charge in [-0.2, -0.15) is 0 Å². The molecule has 0 unspecified atom stereocenters. The second-order valence-corrected chi connectivity index (χ2v) is 4.74. The van der Waals surface area contributed by atoms with Gasteiger partial charge < -0.3 is 15.3 Å². The fourth-order valence-corrected chi connectivity index (χ4v) is 1.49. The maximum atomic E-state index is 10.1. The lowest BCUT2D eigenvalue weighted by atomic mass is 10.1. The maximum Gasteiger partial charge on any atom is 0.331 e. The summed E-state index contributed by atoms with van der Waals surface area (Å²) in [5.41, 5.74) is -0.303. The number of hydrogen-bond donors (Lipinski definition) is 3. The van der Waals surface area contributed by atoms with Gasteiger partial charge in [-0.05, 0) is 6.42 Å². The summed E-state index contributed by atoms with van der Waals surface area (Å²) in [7, 11) is 0. The molecule has 0 saturated heterocycles. The minimum Gasteiger partial charge on any atom is -0.481 e. The molecule has 0 amide bonds. The Morgan fingerprint density at radius 2 is 1.29 bits per heavy atom. The van der Waals surface area contributed by atoms with E-state index in [9.17, 15) is 14.4 Å². The van der Waals surface area contributed by atoms with Crippen LogP contribution in [0.15, 0.2) is 12.2 Å². The minimum absolute atomic E-state index is 0.303. The average molecular weight is 302 g/mol. The molecule has 0 bridgehead atoms. The van der Waals surface area contributed by atoms with Gasteiger partial charge in [0.15, 0.2) is 0 Å². The molecule has 6 nitrogen and oxygen atoms in total. The molecule has 3 N–H and O–H groups in total. The van der Waals surface area contributed by atoms with Crippen molar-refractivity contribution in [3.05, 3.63) is 12.2 Å². The van der Waals surface area contributed by atoms with Crippen LogP contribution in [0.5, 0.6) is 0 Å². The van der Waals surface area contributed by atoms with Crippen molar-refractivity contribution in [2.24, 2.45) is 0 Å². The number of rotatable bonds is 11. The molecule has 0 fully saturated rings. The van der Waals surface area contributed by atoms with Crippen LogP contribution < -0.4 is 0 Å². The number of hydrogen-bond acceptors (Lipinski definition) is 3. The molecule has 0 aliphatic carbocycles. The van der Waals surface area contributed by atoms with Crippen molar-refractivity contribution in [2.45, 2.75) is 64.7 Å². The van der Waals surface area contributed by atoms with E-state index in [1.165, 1.54) is 32.1 Å². The van der Waals surface area contributed by atoms with Crippen molar-refractivity contribution in [3.63, 3.8) is 0 Å². The lowest BCUT2D eigenvalue weighted by Gasteiger charge is -1.98. The molecule has 0 aromatic rings. The first-order chi connectivity index (χ1) is 9.81. The number of unbranched alkanes of at least 4 members (excludes halogenated alkanes) is 6. The van der Waals surface area contributed by atoms with E-state index in [4.69, 9.17) is 15.3 Å². The van der Waals surface area contributed by atoms with Crippen LogP contribution in [0.25, 0.3) is 0 Å². The van der Waals surface area contributed by atoms with Crippen LogP contribution in [0.3, 0.4) is 0 Å². The summed E-state index contributed by atoms with van der Waals surface area (Å²) >= 11 is 0. The van der Waals surface area contributed by atoms with Crippen LogP contribution in [-0.2, 0) is 14.4 Å². The van der Waals surface area contributed by atoms with E-state index in [1.54, 1.807) is 0 Å². The van der Waals surface area contributed by atoms with Crippen LogP contribution in [0.2, 0.25) is 0 Å². The van der Waals surface area contributed by atoms with Crippen molar-refractivity contribution >= 4 is 17.9 Å². The minimum atomic E-state index is -1.27. The van der Waals surface area contributed by atoms with Crippen molar-refractivity contribution in [1.29, 1.82) is 0 Å². The summed E-state index contributed by atoms with van der Waals surface area (Å²) in [5.74, 6) is -3.11. The molecule has 21 heavy (non-hydrogen) atoms. The SMILES string of the molecule is C=C(CC(=O)O)C(=O)O.CCCCCCCCCC(=O)O. The van der Waals surface area contributed by atoms with Gasteiger partial charge in [0, 0.05) is 12.0 Å². The Hall–Kier alpha value is -1.85. The second kappa shape index (κ2) is 14.6. The largest absolute Gasteiger partial charge is 0.481 e. The lowest BCUT2D eigenvalue weighted by Crippen LogP contribution is -2.04. The van der Waals surface area contributed by atoms with Gasteiger partial charge in [0.1, 0.15) is 0 Å². The third-order valence-electron chi connectivity index (χ3n) is 2.66. The molecule has 0 aromatic heterocycles. The number of carbonyl (C=O) groups is 3. The van der Waals surface area contributed by atoms with Gasteiger partial charge in [-0.25, -0.2) is 4.79 Å². The Labute approximate surface area is 125 Å². The summed E-state index contributed by atoms with van der Waals surface area (Å²) in [6, 6.07) is 0. The van der Waals surface area contributed by atoms with E-state index in [2.05, 4.69) is 13.5 Å². The fourth-order valence-electron chi connectivity index (χ4n) is 1.49. The lowest BCUT2D eigenvalue weighted by molar-refractivity contribution is -0.139. The van der Waals surface area contributed by atoms with E-state index in [1.807, 2.05) is 0 Å². The summed E-state index contributed by atoms with van der Waals surface area (Å²) in [6.45, 7) is 5.21. The Morgan fingerprint density at radius 1 is 0.810 bits per heavy atom. The van der Waals surface area contributed by atoms with Gasteiger partial charge in [-0.15, -0.1) is 0 Å². The summed E-state index contributed by atoms with van der Waals surface area (Å²) < 4.78 is 0. The van der Waals surface area contributed by atoms with Crippen molar-refractivity contribution in [1.82, 2.24) is 0 Å². The molecule has 0 aliphatic rings. The van der Waals surface area contributed by atoms with Gasteiger partial charge in [0.05, 0.1) is 6.42 Å². The van der Waals surface area contributed by atoms with Crippen molar-refractivity contribution < 1.29 is 29.7 Å². The predicted octanol–water partition coefficient (Wildman–Crippen LogP) is 3.31. The standard InChI is InChI=1S/C10H20O2.C5H6O4/c1-2-3-4-5-6-7-8-9-10(11)12;1-3(5(8)9)2-4(6)7/h2-9H2,1H3,(H,11,12);1-2H2,(H,6,7)(H,8,9). The summed E-state index contributed by atoms with van der Waals surface area (Å²) in [4.78, 5) is 29.8. The normalized spacial score (nSPS) is 9.38. The molecule has 0 aliphatic heterocycles. The Kier molecular flexibility index (Phi) is 14.9. The van der Waals surface area contributed by atoms with E-state index >= 15 is 0 Å². The molecular formula is C15H26O6. The van der Waals surface area contributed by atoms with Crippen LogP contribution in [-0.4, -0.2) is 33.2 Å². The first-order valence-corrected chi connectivity index (χ1v) is 7.15. The number of aliphatic carboxylic acids is 3. The van der Waals surface area contributed by atoms with Crippen molar-refractivity contribution in [3.8, 4) is 0 Å². The Bertz CT molecular complexity index is 335. The summed E-state index contributed by atoms with van der Waals surface area (Å²) in [6.07, 6.45) is 8.14. The van der Waals surface area contributed by atoms with E-state index in [0.717, 1.165) is 12.8 Å². The van der Waals surface area contributed by atoms with Crippen LogP contribution in [0, 0.1) is 0 Å². The van der Waals surface area contributed by atoms with Gasteiger partial charge in [0.2, 0.25) is 0 Å². The number of carboxylic acids is 3. The molecule has 0 spiro atoms. The first kappa shape index (κ1) is 21.4. The highest BCUT2D eigenvalue weighted by Crippen LogP contribution is 2.07. The molecule has 0 aromatic carbocycles. The second-order valence-electron chi connectivity index (χ2n) is 4.74. The van der Waals surface area contributed by atoms with Gasteiger partial charge >= 0.3 is 17.9 Å². The van der Waals surface area contributed by atoms with Gasteiger partial charge in [-0.3, -0.25) is 9.59 Å². The zero-order valence-corrected chi connectivity index (χ0v) is 12.6. The van der Waals surface area contributed by atoms with Crippen molar-refractivity contribution in [2.75, 3.05) is 0 Å². The zero-order chi connectivity index (χ0) is 16.7. The zero-order valence-electron chi connectivity index (χ0n) is 12.6. The average Bonchev–Trinajstić information content (AvgIpc) is 2.37. The predicted molar refractivity (Wildman–Crippen MR) is 79.3 cm³/mol. The number of carboxylic acid groups (broad SMARTS) is 3. The van der Waals surface area contributed by atoms with Gasteiger partial charge in [-0.1, -0.05) is 52.0 Å². The highest BCUT2D eigenvalue weighted by Gasteiger charge is 2.07. The molecular weight excluding hydrogens is 276 g/mol. The summed E-state index contributed by atoms with van der Waals surface area (Å²) in [5, 5.41) is 24.4. The van der Waals surface area contributed by atoms with E-state index < -0.39 is 24.3 Å². The third kappa shape index (κ3) is 20.6.